The third kappa shape index (κ3) is 2.57. The molecule has 1 N–H and O–H groups in total. The summed E-state index contributed by atoms with van der Waals surface area (Å²) in [6.07, 6.45) is 0.00544. The van der Waals surface area contributed by atoms with Crippen molar-refractivity contribution in [3.8, 4) is 0 Å². The predicted molar refractivity (Wildman–Crippen MR) is 78.7 cm³/mol. The van der Waals surface area contributed by atoms with Crippen LogP contribution in [0.5, 0.6) is 0 Å². The lowest BCUT2D eigenvalue weighted by atomic mass is 10.2. The lowest BCUT2D eigenvalue weighted by Gasteiger charge is -2.20. The molecule has 1 aliphatic heterocycles. The van der Waals surface area contributed by atoms with E-state index in [-0.39, 0.29) is 12.0 Å². The van der Waals surface area contributed by atoms with Crippen LogP contribution >= 0.6 is 11.3 Å². The minimum atomic E-state index is -0.450. The van der Waals surface area contributed by atoms with Gasteiger partial charge in [0.25, 0.3) is 0 Å². The van der Waals surface area contributed by atoms with Crippen LogP contribution in [0.2, 0.25) is 0 Å². The number of carbonyl (C=O) groups is 1. The Morgan fingerprint density at radius 3 is 3.05 bits per heavy atom. The quantitative estimate of drug-likeness (QED) is 0.879. The van der Waals surface area contributed by atoms with Gasteiger partial charge in [-0.1, -0.05) is 18.2 Å². The molecule has 2 atom stereocenters. The summed E-state index contributed by atoms with van der Waals surface area (Å²) in [5.74, 6) is -0.261. The second-order valence-corrected chi connectivity index (χ2v) is 6.28. The van der Waals surface area contributed by atoms with Gasteiger partial charge in [-0.3, -0.25) is 9.69 Å². The molecule has 0 radical (unpaired) electrons. The van der Waals surface area contributed by atoms with E-state index in [1.54, 1.807) is 11.3 Å². The second kappa shape index (κ2) is 5.52. The van der Waals surface area contributed by atoms with Crippen LogP contribution in [0.4, 0.5) is 0 Å². The number of nitrogens with zero attached hydrogens (tertiary/aromatic N) is 1. The molecule has 2 heterocycles. The Morgan fingerprint density at radius 2 is 2.30 bits per heavy atom. The maximum Gasteiger partial charge on any atom is 0.323 e. The smallest absolute Gasteiger partial charge is 0.323 e. The summed E-state index contributed by atoms with van der Waals surface area (Å²) in [4.78, 5) is 15.0. The van der Waals surface area contributed by atoms with E-state index in [9.17, 15) is 9.90 Å². The van der Waals surface area contributed by atoms with E-state index in [0.29, 0.717) is 19.5 Å². The first kappa shape index (κ1) is 13.5. The van der Waals surface area contributed by atoms with Crippen molar-refractivity contribution in [1.29, 1.82) is 0 Å². The van der Waals surface area contributed by atoms with Gasteiger partial charge in [-0.2, -0.15) is 0 Å². The highest BCUT2D eigenvalue weighted by Crippen LogP contribution is 2.29. The number of aliphatic hydroxyl groups excluding tert-OH is 1. The molecule has 20 heavy (non-hydrogen) atoms. The zero-order valence-corrected chi connectivity index (χ0v) is 12.1. The normalized spacial score (nSPS) is 23.3. The third-order valence-electron chi connectivity index (χ3n) is 3.69. The first-order valence-electron chi connectivity index (χ1n) is 6.65. The van der Waals surface area contributed by atoms with E-state index in [4.69, 9.17) is 4.74 Å². The average Bonchev–Trinajstić information content (AvgIpc) is 3.01. The average molecular weight is 291 g/mol. The summed E-state index contributed by atoms with van der Waals surface area (Å²) in [6.45, 7) is 1.20. The largest absolute Gasteiger partial charge is 0.468 e. The van der Waals surface area contributed by atoms with Crippen LogP contribution in [0.1, 0.15) is 11.3 Å². The van der Waals surface area contributed by atoms with E-state index in [2.05, 4.69) is 18.2 Å². The first-order valence-corrected chi connectivity index (χ1v) is 7.46. The van der Waals surface area contributed by atoms with Crippen LogP contribution in [0.3, 0.4) is 0 Å². The van der Waals surface area contributed by atoms with Crippen LogP contribution in [-0.2, 0) is 16.1 Å². The van der Waals surface area contributed by atoms with Gasteiger partial charge in [0.05, 0.1) is 13.2 Å². The maximum absolute atomic E-state index is 11.8. The minimum absolute atomic E-state index is 0.261. The Bertz CT molecular complexity index is 591. The number of esters is 1. The highest BCUT2D eigenvalue weighted by atomic mass is 32.1. The number of aliphatic hydroxyl groups is 1. The monoisotopic (exact) mass is 291 g/mol. The van der Waals surface area contributed by atoms with Crippen molar-refractivity contribution >= 4 is 27.4 Å². The number of hydrogen-bond acceptors (Lipinski definition) is 5. The Labute approximate surface area is 121 Å². The third-order valence-corrected chi connectivity index (χ3v) is 4.79. The molecule has 1 aromatic heterocycles. The summed E-state index contributed by atoms with van der Waals surface area (Å²) in [5.41, 5.74) is 0. The Kier molecular flexibility index (Phi) is 3.74. The molecule has 2 aromatic rings. The molecule has 0 spiro atoms. The molecule has 5 heteroatoms. The van der Waals surface area contributed by atoms with Gasteiger partial charge in [-0.25, -0.2) is 0 Å². The highest BCUT2D eigenvalue weighted by molar-refractivity contribution is 7.19. The van der Waals surface area contributed by atoms with E-state index in [1.165, 1.54) is 22.1 Å². The van der Waals surface area contributed by atoms with Crippen LogP contribution in [0.15, 0.2) is 30.3 Å². The van der Waals surface area contributed by atoms with Gasteiger partial charge in [0.15, 0.2) is 0 Å². The first-order chi connectivity index (χ1) is 9.67. The molecule has 106 valence electrons. The Morgan fingerprint density at radius 1 is 1.50 bits per heavy atom. The van der Waals surface area contributed by atoms with Crippen LogP contribution < -0.4 is 0 Å². The summed E-state index contributed by atoms with van der Waals surface area (Å²) >= 11 is 1.73. The number of thiophene rings is 1. The van der Waals surface area contributed by atoms with Crippen LogP contribution in [-0.4, -0.2) is 41.8 Å². The molecule has 1 saturated heterocycles. The standard InChI is InChI=1S/C15H17NO3S/c1-19-15(18)13-7-11(17)8-16(13)9-12-6-10-4-2-3-5-14(10)20-12/h2-6,11,13,17H,7-9H2,1H3/t11-,13-/m0/s1. The van der Waals surface area contributed by atoms with E-state index >= 15 is 0 Å². The van der Waals surface area contributed by atoms with E-state index < -0.39 is 6.10 Å². The number of benzene rings is 1. The molecule has 0 aliphatic carbocycles. The van der Waals surface area contributed by atoms with Gasteiger partial charge >= 0.3 is 5.97 Å². The Balaban J connectivity index is 1.80. The van der Waals surface area contributed by atoms with Gasteiger partial charge in [0.1, 0.15) is 6.04 Å². The lowest BCUT2D eigenvalue weighted by molar-refractivity contribution is -0.146. The van der Waals surface area contributed by atoms with Gasteiger partial charge < -0.3 is 9.84 Å². The topological polar surface area (TPSA) is 49.8 Å². The highest BCUT2D eigenvalue weighted by Gasteiger charge is 2.36. The van der Waals surface area contributed by atoms with Crippen molar-refractivity contribution in [3.05, 3.63) is 35.2 Å². The molecule has 3 rings (SSSR count). The van der Waals surface area contributed by atoms with Crippen molar-refractivity contribution in [3.63, 3.8) is 0 Å². The van der Waals surface area contributed by atoms with Gasteiger partial charge in [0.2, 0.25) is 0 Å². The fourth-order valence-electron chi connectivity index (χ4n) is 2.75. The zero-order valence-electron chi connectivity index (χ0n) is 11.3. The van der Waals surface area contributed by atoms with E-state index in [0.717, 1.165) is 0 Å². The van der Waals surface area contributed by atoms with Crippen molar-refractivity contribution < 1.29 is 14.6 Å². The van der Waals surface area contributed by atoms with Gasteiger partial charge in [-0.15, -0.1) is 11.3 Å². The van der Waals surface area contributed by atoms with Crippen LogP contribution in [0.25, 0.3) is 10.1 Å². The minimum Gasteiger partial charge on any atom is -0.468 e. The number of methoxy groups -OCH3 is 1. The fourth-order valence-corrected chi connectivity index (χ4v) is 3.84. The molecule has 1 fully saturated rings. The SMILES string of the molecule is COC(=O)[C@@H]1C[C@H](O)CN1Cc1cc2ccccc2s1. The number of fused-ring (bicyclic) bond motifs is 1. The molecule has 0 unspecified atom stereocenters. The van der Waals surface area contributed by atoms with Crippen LogP contribution in [0, 0.1) is 0 Å². The number of β-amino-alcohol motifs (C(OH)–C–C–N with tert-alkyl or cyclic N) is 1. The van der Waals surface area contributed by atoms with E-state index in [1.807, 2.05) is 17.0 Å². The molecular weight excluding hydrogens is 274 g/mol. The molecule has 4 nitrogen and oxygen atoms in total. The van der Waals surface area contributed by atoms with Gasteiger partial charge in [0, 0.05) is 29.1 Å². The van der Waals surface area contributed by atoms with Crippen molar-refractivity contribution in [1.82, 2.24) is 4.90 Å². The molecule has 0 bridgehead atoms. The van der Waals surface area contributed by atoms with Gasteiger partial charge in [-0.05, 0) is 17.5 Å². The van der Waals surface area contributed by atoms with Crippen molar-refractivity contribution in [2.45, 2.75) is 25.1 Å². The molecule has 1 aliphatic rings. The number of likely N-dealkylation sites (tertiary alicyclic amines) is 1. The molecule has 0 amide bonds. The summed E-state index contributed by atoms with van der Waals surface area (Å²) in [5, 5.41) is 11.0. The summed E-state index contributed by atoms with van der Waals surface area (Å²) in [7, 11) is 1.39. The summed E-state index contributed by atoms with van der Waals surface area (Å²) in [6, 6.07) is 10.1. The lowest BCUT2D eigenvalue weighted by Crippen LogP contribution is -2.36. The fraction of sp³-hybridized carbons (Fsp3) is 0.400. The van der Waals surface area contributed by atoms with Crippen molar-refractivity contribution in [2.24, 2.45) is 0 Å². The number of carbonyl (C=O) groups excluding carboxylic acids is 1. The second-order valence-electron chi connectivity index (χ2n) is 5.11. The number of hydrogen-bond donors (Lipinski definition) is 1. The summed E-state index contributed by atoms with van der Waals surface area (Å²) < 4.78 is 6.07. The molecule has 0 saturated carbocycles. The number of ether oxygens (including phenoxy) is 1. The van der Waals surface area contributed by atoms with Crippen molar-refractivity contribution in [2.75, 3.05) is 13.7 Å². The molecular formula is C15H17NO3S. The maximum atomic E-state index is 11.8. The predicted octanol–water partition coefficient (Wildman–Crippen LogP) is 2.01. The Hall–Kier alpha value is -1.43. The number of rotatable bonds is 3. The molecule has 1 aromatic carbocycles. The zero-order chi connectivity index (χ0) is 14.1.